The van der Waals surface area contributed by atoms with Crippen LogP contribution in [0.3, 0.4) is 0 Å². The molecule has 0 heterocycles. The highest BCUT2D eigenvalue weighted by atomic mass is 16.2. The third-order valence-corrected chi connectivity index (χ3v) is 2.93. The molecule has 1 rings (SSSR count). The molecule has 0 aromatic heterocycles. The lowest BCUT2D eigenvalue weighted by molar-refractivity contribution is -0.132. The summed E-state index contributed by atoms with van der Waals surface area (Å²) in [6, 6.07) is -0.0465. The number of hydrazine groups is 1. The van der Waals surface area contributed by atoms with E-state index < -0.39 is 5.41 Å². The van der Waals surface area contributed by atoms with Crippen molar-refractivity contribution in [2.75, 3.05) is 0 Å². The van der Waals surface area contributed by atoms with Gasteiger partial charge in [-0.25, -0.2) is 5.84 Å². The van der Waals surface area contributed by atoms with Crippen molar-refractivity contribution >= 4 is 5.91 Å². The minimum atomic E-state index is -0.451. The highest BCUT2D eigenvalue weighted by Gasteiger charge is 2.40. The number of nitrogens with one attached hydrogen (secondary N) is 1. The molecule has 1 fully saturated rings. The topological polar surface area (TPSA) is 81.1 Å². The monoisotopic (exact) mass is 171 g/mol. The van der Waals surface area contributed by atoms with Crippen molar-refractivity contribution in [1.29, 1.82) is 0 Å². The van der Waals surface area contributed by atoms with E-state index in [1.807, 2.05) is 6.92 Å². The van der Waals surface area contributed by atoms with Crippen LogP contribution >= 0.6 is 0 Å². The molecule has 0 radical (unpaired) electrons. The van der Waals surface area contributed by atoms with Crippen molar-refractivity contribution < 1.29 is 4.79 Å². The van der Waals surface area contributed by atoms with E-state index in [1.165, 1.54) is 0 Å². The van der Waals surface area contributed by atoms with E-state index in [-0.39, 0.29) is 11.9 Å². The second kappa shape index (κ2) is 3.41. The minimum absolute atomic E-state index is 0.0465. The lowest BCUT2D eigenvalue weighted by atomic mass is 9.71. The lowest BCUT2D eigenvalue weighted by Gasteiger charge is -2.37. The minimum Gasteiger partial charge on any atom is -0.327 e. The fraction of sp³-hybridized carbons (Fsp3) is 0.875. The first-order chi connectivity index (χ1) is 5.61. The molecular weight excluding hydrogens is 154 g/mol. The molecule has 1 amide bonds. The molecule has 5 N–H and O–H groups in total. The number of hydrogen-bond donors (Lipinski definition) is 3. The van der Waals surface area contributed by atoms with Gasteiger partial charge in [-0.05, 0) is 19.8 Å². The van der Waals surface area contributed by atoms with Crippen LogP contribution in [0, 0.1) is 5.41 Å². The fourth-order valence-electron chi connectivity index (χ4n) is 1.81. The number of nitrogens with two attached hydrogens (primary N) is 2. The van der Waals surface area contributed by atoms with Crippen LogP contribution in [0.4, 0.5) is 0 Å². The van der Waals surface area contributed by atoms with Gasteiger partial charge in [0.1, 0.15) is 0 Å². The predicted molar refractivity (Wildman–Crippen MR) is 46.9 cm³/mol. The second-order valence-corrected chi connectivity index (χ2v) is 3.74. The summed E-state index contributed by atoms with van der Waals surface area (Å²) in [6.45, 7) is 1.89. The number of hydrogen-bond acceptors (Lipinski definition) is 3. The molecule has 0 aromatic carbocycles. The Morgan fingerprint density at radius 2 is 2.25 bits per heavy atom. The van der Waals surface area contributed by atoms with Gasteiger partial charge in [0, 0.05) is 6.04 Å². The zero-order valence-electron chi connectivity index (χ0n) is 7.47. The SMILES string of the molecule is CC1(C(=O)NN)CCCCC1N. The van der Waals surface area contributed by atoms with Crippen molar-refractivity contribution in [1.82, 2.24) is 5.43 Å². The molecule has 1 aliphatic rings. The van der Waals surface area contributed by atoms with E-state index in [9.17, 15) is 4.79 Å². The van der Waals surface area contributed by atoms with E-state index in [2.05, 4.69) is 5.43 Å². The van der Waals surface area contributed by atoms with Gasteiger partial charge in [-0.1, -0.05) is 12.8 Å². The van der Waals surface area contributed by atoms with E-state index in [0.717, 1.165) is 25.7 Å². The average molecular weight is 171 g/mol. The zero-order valence-corrected chi connectivity index (χ0v) is 7.47. The Balaban J connectivity index is 2.72. The van der Waals surface area contributed by atoms with Crippen LogP contribution in [0.25, 0.3) is 0 Å². The van der Waals surface area contributed by atoms with Crippen molar-refractivity contribution in [2.45, 2.75) is 38.6 Å². The Morgan fingerprint density at radius 1 is 1.58 bits per heavy atom. The summed E-state index contributed by atoms with van der Waals surface area (Å²) in [6.07, 6.45) is 3.95. The summed E-state index contributed by atoms with van der Waals surface area (Å²) in [4.78, 5) is 11.4. The number of rotatable bonds is 1. The zero-order chi connectivity index (χ0) is 9.19. The summed E-state index contributed by atoms with van der Waals surface area (Å²) in [7, 11) is 0. The number of carbonyl (C=O) groups is 1. The van der Waals surface area contributed by atoms with Gasteiger partial charge in [0.2, 0.25) is 5.91 Å². The highest BCUT2D eigenvalue weighted by Crippen LogP contribution is 2.34. The van der Waals surface area contributed by atoms with Gasteiger partial charge < -0.3 is 5.73 Å². The van der Waals surface area contributed by atoms with Crippen LogP contribution in [-0.4, -0.2) is 11.9 Å². The van der Waals surface area contributed by atoms with Crippen LogP contribution in [0.15, 0.2) is 0 Å². The third kappa shape index (κ3) is 1.44. The average Bonchev–Trinajstić information content (AvgIpc) is 2.09. The summed E-state index contributed by atoms with van der Waals surface area (Å²) < 4.78 is 0. The Morgan fingerprint density at radius 3 is 2.75 bits per heavy atom. The maximum absolute atomic E-state index is 11.4. The first-order valence-electron chi connectivity index (χ1n) is 4.38. The van der Waals surface area contributed by atoms with Crippen LogP contribution in [0.2, 0.25) is 0 Å². The normalized spacial score (nSPS) is 36.1. The van der Waals surface area contributed by atoms with Crippen LogP contribution in [-0.2, 0) is 4.79 Å². The molecule has 0 bridgehead atoms. The van der Waals surface area contributed by atoms with Crippen molar-refractivity contribution in [3.05, 3.63) is 0 Å². The lowest BCUT2D eigenvalue weighted by Crippen LogP contribution is -2.53. The summed E-state index contributed by atoms with van der Waals surface area (Å²) in [5.74, 6) is 4.97. The molecular formula is C8H17N3O. The molecule has 70 valence electrons. The van der Waals surface area contributed by atoms with Crippen LogP contribution < -0.4 is 17.0 Å². The first kappa shape index (κ1) is 9.48. The maximum atomic E-state index is 11.4. The third-order valence-electron chi connectivity index (χ3n) is 2.93. The molecule has 2 unspecified atom stereocenters. The number of amides is 1. The van der Waals surface area contributed by atoms with Gasteiger partial charge in [0.05, 0.1) is 5.41 Å². The smallest absolute Gasteiger partial charge is 0.241 e. The summed E-state index contributed by atoms with van der Waals surface area (Å²) in [5.41, 5.74) is 7.61. The Hall–Kier alpha value is -0.610. The first-order valence-corrected chi connectivity index (χ1v) is 4.38. The van der Waals surface area contributed by atoms with Gasteiger partial charge in [-0.15, -0.1) is 0 Å². The van der Waals surface area contributed by atoms with E-state index in [1.54, 1.807) is 0 Å². The van der Waals surface area contributed by atoms with E-state index in [4.69, 9.17) is 11.6 Å². The maximum Gasteiger partial charge on any atom is 0.241 e. The highest BCUT2D eigenvalue weighted by molar-refractivity contribution is 5.82. The molecule has 12 heavy (non-hydrogen) atoms. The van der Waals surface area contributed by atoms with Crippen molar-refractivity contribution in [3.63, 3.8) is 0 Å². The van der Waals surface area contributed by atoms with Gasteiger partial charge >= 0.3 is 0 Å². The molecule has 1 aliphatic carbocycles. The van der Waals surface area contributed by atoms with Crippen LogP contribution in [0.1, 0.15) is 32.6 Å². The van der Waals surface area contributed by atoms with Crippen LogP contribution in [0.5, 0.6) is 0 Å². The molecule has 2 atom stereocenters. The van der Waals surface area contributed by atoms with Gasteiger partial charge in [0.15, 0.2) is 0 Å². The molecule has 1 saturated carbocycles. The molecule has 4 nitrogen and oxygen atoms in total. The Labute approximate surface area is 72.6 Å². The van der Waals surface area contributed by atoms with Crippen molar-refractivity contribution in [2.24, 2.45) is 17.0 Å². The molecule has 0 aromatic rings. The summed E-state index contributed by atoms with van der Waals surface area (Å²) >= 11 is 0. The summed E-state index contributed by atoms with van der Waals surface area (Å²) in [5, 5.41) is 0. The number of carbonyl (C=O) groups excluding carboxylic acids is 1. The predicted octanol–water partition coefficient (Wildman–Crippen LogP) is -0.116. The van der Waals surface area contributed by atoms with Crippen molar-refractivity contribution in [3.8, 4) is 0 Å². The Bertz CT molecular complexity index is 183. The quantitative estimate of drug-likeness (QED) is 0.292. The van der Waals surface area contributed by atoms with E-state index >= 15 is 0 Å². The Kier molecular flexibility index (Phi) is 2.69. The van der Waals surface area contributed by atoms with Gasteiger partial charge in [-0.2, -0.15) is 0 Å². The second-order valence-electron chi connectivity index (χ2n) is 3.74. The van der Waals surface area contributed by atoms with E-state index in [0.29, 0.717) is 0 Å². The fourth-order valence-corrected chi connectivity index (χ4v) is 1.81. The molecule has 4 heteroatoms. The van der Waals surface area contributed by atoms with Gasteiger partial charge in [-0.3, -0.25) is 10.2 Å². The van der Waals surface area contributed by atoms with Gasteiger partial charge in [0.25, 0.3) is 0 Å². The molecule has 0 spiro atoms. The molecule has 0 saturated heterocycles. The molecule has 0 aliphatic heterocycles. The largest absolute Gasteiger partial charge is 0.327 e. The standard InChI is InChI=1S/C8H17N3O/c1-8(7(12)11-10)5-3-2-4-6(8)9/h6H,2-5,9-10H2,1H3,(H,11,12).